The second kappa shape index (κ2) is 5.89. The molecule has 3 rings (SSSR count). The first-order valence-corrected chi connectivity index (χ1v) is 9.53. The third kappa shape index (κ3) is 3.04. The Morgan fingerprint density at radius 1 is 1.43 bits per heavy atom. The van der Waals surface area contributed by atoms with Crippen LogP contribution in [0.5, 0.6) is 0 Å². The van der Waals surface area contributed by atoms with Crippen molar-refractivity contribution in [2.45, 2.75) is 13.8 Å². The quantitative estimate of drug-likeness (QED) is 0.809. The van der Waals surface area contributed by atoms with Gasteiger partial charge in [-0.15, -0.1) is 11.3 Å². The van der Waals surface area contributed by atoms with Crippen molar-refractivity contribution in [2.75, 3.05) is 24.6 Å². The number of thiophene rings is 1. The summed E-state index contributed by atoms with van der Waals surface area (Å²) in [6.07, 6.45) is 0. The van der Waals surface area contributed by atoms with Crippen molar-refractivity contribution < 1.29 is 9.00 Å². The van der Waals surface area contributed by atoms with Crippen molar-refractivity contribution in [3.05, 3.63) is 34.7 Å². The summed E-state index contributed by atoms with van der Waals surface area (Å²) in [5, 5.41) is 2.99. The van der Waals surface area contributed by atoms with E-state index in [1.165, 1.54) is 5.56 Å². The molecule has 21 heavy (non-hydrogen) atoms. The maximum absolute atomic E-state index is 12.8. The number of carbonyl (C=O) groups is 1. The molecule has 0 spiro atoms. The second-order valence-electron chi connectivity index (χ2n) is 5.82. The van der Waals surface area contributed by atoms with Crippen molar-refractivity contribution in [3.8, 4) is 0 Å². The Hall–Kier alpha value is -1.20. The van der Waals surface area contributed by atoms with Gasteiger partial charge in [0, 0.05) is 50.9 Å². The minimum atomic E-state index is -0.793. The summed E-state index contributed by atoms with van der Waals surface area (Å²) in [6.45, 7) is 5.43. The molecule has 0 N–H and O–H groups in total. The van der Waals surface area contributed by atoms with Gasteiger partial charge in [-0.2, -0.15) is 0 Å². The molecular weight excluding hydrogens is 302 g/mol. The largest absolute Gasteiger partial charge is 0.337 e. The molecule has 2 heterocycles. The van der Waals surface area contributed by atoms with Gasteiger partial charge in [0.25, 0.3) is 5.91 Å². The molecule has 2 atom stereocenters. The lowest BCUT2D eigenvalue weighted by atomic mass is 10.1. The normalized spacial score (nSPS) is 23.2. The lowest BCUT2D eigenvalue weighted by Gasteiger charge is -2.22. The molecular formula is C16H19NO2S2. The van der Waals surface area contributed by atoms with E-state index in [1.54, 1.807) is 11.3 Å². The first-order chi connectivity index (χ1) is 10.0. The van der Waals surface area contributed by atoms with Crippen molar-refractivity contribution in [2.24, 2.45) is 5.92 Å². The molecule has 0 aliphatic carbocycles. The Bertz CT molecular complexity index is 707. The van der Waals surface area contributed by atoms with E-state index >= 15 is 0 Å². The van der Waals surface area contributed by atoms with Crippen molar-refractivity contribution in [1.29, 1.82) is 0 Å². The van der Waals surface area contributed by atoms with E-state index in [0.717, 1.165) is 15.6 Å². The minimum Gasteiger partial charge on any atom is -0.337 e. The van der Waals surface area contributed by atoms with Gasteiger partial charge >= 0.3 is 0 Å². The number of nitrogens with zero attached hydrogens (tertiary/aromatic N) is 1. The number of rotatable bonds is 1. The van der Waals surface area contributed by atoms with Crippen LogP contribution in [0.15, 0.2) is 23.6 Å². The fourth-order valence-corrected chi connectivity index (χ4v) is 5.15. The number of hydrogen-bond acceptors (Lipinski definition) is 3. The van der Waals surface area contributed by atoms with Crippen LogP contribution in [0, 0.1) is 12.8 Å². The molecule has 1 aromatic carbocycles. The predicted octanol–water partition coefficient (Wildman–Crippen LogP) is 3.05. The van der Waals surface area contributed by atoms with E-state index in [1.807, 2.05) is 22.4 Å². The van der Waals surface area contributed by atoms with Gasteiger partial charge in [-0.3, -0.25) is 9.00 Å². The Labute approximate surface area is 131 Å². The van der Waals surface area contributed by atoms with E-state index in [9.17, 15) is 9.00 Å². The average molecular weight is 321 g/mol. The zero-order chi connectivity index (χ0) is 15.0. The Balaban J connectivity index is 1.91. The number of fused-ring (bicyclic) bond motifs is 1. The summed E-state index contributed by atoms with van der Waals surface area (Å²) >= 11 is 1.62. The SMILES string of the molecule is Cc1ccc2c(C(=O)N3CCS(=O)CC(C)C3)csc2c1. The monoisotopic (exact) mass is 321 g/mol. The van der Waals surface area contributed by atoms with Gasteiger partial charge in [-0.05, 0) is 24.5 Å². The number of benzene rings is 1. The van der Waals surface area contributed by atoms with E-state index < -0.39 is 10.8 Å². The summed E-state index contributed by atoms with van der Waals surface area (Å²) in [4.78, 5) is 14.7. The molecule has 1 aliphatic rings. The predicted molar refractivity (Wildman–Crippen MR) is 89.5 cm³/mol. The summed E-state index contributed by atoms with van der Waals surface area (Å²) in [7, 11) is -0.793. The molecule has 1 fully saturated rings. The van der Waals surface area contributed by atoms with Crippen LogP contribution in [-0.2, 0) is 10.8 Å². The summed E-state index contributed by atoms with van der Waals surface area (Å²) < 4.78 is 12.9. The highest BCUT2D eigenvalue weighted by Gasteiger charge is 2.25. The Morgan fingerprint density at radius 3 is 3.05 bits per heavy atom. The first-order valence-electron chi connectivity index (χ1n) is 7.16. The van der Waals surface area contributed by atoms with Gasteiger partial charge in [0.05, 0.1) is 5.56 Å². The highest BCUT2D eigenvalue weighted by molar-refractivity contribution is 7.85. The van der Waals surface area contributed by atoms with Gasteiger partial charge < -0.3 is 4.90 Å². The van der Waals surface area contributed by atoms with Gasteiger partial charge in [0.2, 0.25) is 0 Å². The summed E-state index contributed by atoms with van der Waals surface area (Å²) in [5.41, 5.74) is 2.00. The first kappa shape index (κ1) is 14.7. The molecule has 0 radical (unpaired) electrons. The maximum Gasteiger partial charge on any atom is 0.255 e. The number of hydrogen-bond donors (Lipinski definition) is 0. The zero-order valence-corrected chi connectivity index (χ0v) is 13.9. The van der Waals surface area contributed by atoms with E-state index in [2.05, 4.69) is 19.9 Å². The maximum atomic E-state index is 12.8. The van der Waals surface area contributed by atoms with Crippen molar-refractivity contribution in [3.63, 3.8) is 0 Å². The van der Waals surface area contributed by atoms with Crippen LogP contribution in [-0.4, -0.2) is 39.6 Å². The van der Waals surface area contributed by atoms with Crippen LogP contribution in [0.1, 0.15) is 22.8 Å². The highest BCUT2D eigenvalue weighted by atomic mass is 32.2. The molecule has 1 aromatic heterocycles. The van der Waals surface area contributed by atoms with Gasteiger partial charge in [0.15, 0.2) is 0 Å². The summed E-state index contributed by atoms with van der Waals surface area (Å²) in [5.74, 6) is 1.67. The van der Waals surface area contributed by atoms with Gasteiger partial charge in [-0.25, -0.2) is 0 Å². The number of carbonyl (C=O) groups excluding carboxylic acids is 1. The standard InChI is InChI=1S/C16H19NO2S2/c1-11-3-4-13-14(9-20-15(13)7-11)16(18)17-5-6-21(19)10-12(2)8-17/h3-4,7,9,12H,5-6,8,10H2,1-2H3. The Morgan fingerprint density at radius 2 is 2.24 bits per heavy atom. The molecule has 2 unspecified atom stereocenters. The van der Waals surface area contributed by atoms with Crippen molar-refractivity contribution in [1.82, 2.24) is 4.90 Å². The molecule has 0 bridgehead atoms. The summed E-state index contributed by atoms with van der Waals surface area (Å²) in [6, 6.07) is 6.20. The van der Waals surface area contributed by atoms with E-state index in [-0.39, 0.29) is 5.91 Å². The van der Waals surface area contributed by atoms with Crippen LogP contribution in [0.3, 0.4) is 0 Å². The average Bonchev–Trinajstić information content (AvgIpc) is 2.76. The molecule has 2 aromatic rings. The van der Waals surface area contributed by atoms with Gasteiger partial charge in [0.1, 0.15) is 0 Å². The van der Waals surface area contributed by atoms with E-state index in [4.69, 9.17) is 0 Å². The Kier molecular flexibility index (Phi) is 4.13. The molecule has 1 aliphatic heterocycles. The second-order valence-corrected chi connectivity index (χ2v) is 8.35. The smallest absolute Gasteiger partial charge is 0.255 e. The van der Waals surface area contributed by atoms with E-state index in [0.29, 0.717) is 30.5 Å². The fourth-order valence-electron chi connectivity index (χ4n) is 2.79. The lowest BCUT2D eigenvalue weighted by Crippen LogP contribution is -2.35. The highest BCUT2D eigenvalue weighted by Crippen LogP contribution is 2.28. The third-order valence-corrected chi connectivity index (χ3v) is 6.36. The van der Waals surface area contributed by atoms with Crippen LogP contribution in [0.2, 0.25) is 0 Å². The zero-order valence-electron chi connectivity index (χ0n) is 12.3. The molecule has 0 saturated carbocycles. The lowest BCUT2D eigenvalue weighted by molar-refractivity contribution is 0.0754. The molecule has 5 heteroatoms. The number of aryl methyl sites for hydroxylation is 1. The van der Waals surface area contributed by atoms with Gasteiger partial charge in [-0.1, -0.05) is 19.1 Å². The van der Waals surface area contributed by atoms with Crippen LogP contribution in [0.4, 0.5) is 0 Å². The topological polar surface area (TPSA) is 37.4 Å². The van der Waals surface area contributed by atoms with Crippen molar-refractivity contribution >= 4 is 38.1 Å². The molecule has 1 amide bonds. The van der Waals surface area contributed by atoms with Crippen LogP contribution in [0.25, 0.3) is 10.1 Å². The number of amides is 1. The molecule has 1 saturated heterocycles. The fraction of sp³-hybridized carbons (Fsp3) is 0.438. The molecule has 3 nitrogen and oxygen atoms in total. The minimum absolute atomic E-state index is 0.0795. The van der Waals surface area contributed by atoms with Crippen LogP contribution >= 0.6 is 11.3 Å². The van der Waals surface area contributed by atoms with Crippen LogP contribution < -0.4 is 0 Å². The third-order valence-electron chi connectivity index (χ3n) is 3.84. The molecule has 112 valence electrons.